The molecule has 2 aromatic rings. The van der Waals surface area contributed by atoms with Crippen molar-refractivity contribution >= 4 is 11.7 Å². The highest BCUT2D eigenvalue weighted by Crippen LogP contribution is 2.47. The van der Waals surface area contributed by atoms with Crippen LogP contribution in [0.25, 0.3) is 0 Å². The zero-order valence-electron chi connectivity index (χ0n) is 13.9. The first-order chi connectivity index (χ1) is 11.0. The first kappa shape index (κ1) is 15.5. The standard InChI is InChI=1S/C17H23N5O/c1-13-18-8-9-22(13)12-17(6-7-17)11-20-15-5-4-14(10-19-15)16(23)21(2)3/h4-5,8-10H,6-7,11-12H2,1-3H3,(H,19,20). The predicted octanol–water partition coefficient (Wildman–Crippen LogP) is 2.18. The maximum atomic E-state index is 11.8. The molecule has 2 aromatic heterocycles. The van der Waals surface area contributed by atoms with Crippen LogP contribution in [0.1, 0.15) is 29.0 Å². The topological polar surface area (TPSA) is 63.1 Å². The first-order valence-corrected chi connectivity index (χ1v) is 7.88. The van der Waals surface area contributed by atoms with Crippen LogP contribution in [-0.4, -0.2) is 46.0 Å². The first-order valence-electron chi connectivity index (χ1n) is 7.88. The molecule has 122 valence electrons. The van der Waals surface area contributed by atoms with E-state index in [2.05, 4.69) is 19.9 Å². The van der Waals surface area contributed by atoms with Crippen molar-refractivity contribution < 1.29 is 4.79 Å². The molecule has 3 rings (SSSR count). The molecule has 0 atom stereocenters. The van der Waals surface area contributed by atoms with Crippen molar-refractivity contribution in [2.24, 2.45) is 5.41 Å². The molecule has 1 saturated carbocycles. The van der Waals surface area contributed by atoms with E-state index < -0.39 is 0 Å². The lowest BCUT2D eigenvalue weighted by atomic mass is 10.1. The normalized spacial score (nSPS) is 15.3. The number of carbonyl (C=O) groups excluding carboxylic acids is 1. The molecule has 1 aliphatic carbocycles. The van der Waals surface area contributed by atoms with Gasteiger partial charge in [0.1, 0.15) is 11.6 Å². The summed E-state index contributed by atoms with van der Waals surface area (Å²) in [5.74, 6) is 1.84. The Hall–Kier alpha value is -2.37. The fourth-order valence-corrected chi connectivity index (χ4v) is 2.66. The Morgan fingerprint density at radius 3 is 2.65 bits per heavy atom. The second kappa shape index (κ2) is 6.02. The number of aryl methyl sites for hydroxylation is 1. The zero-order valence-corrected chi connectivity index (χ0v) is 13.9. The Kier molecular flexibility index (Phi) is 4.07. The number of imidazole rings is 1. The van der Waals surface area contributed by atoms with Crippen LogP contribution in [0.5, 0.6) is 0 Å². The number of carbonyl (C=O) groups is 1. The van der Waals surface area contributed by atoms with Crippen molar-refractivity contribution in [2.45, 2.75) is 26.3 Å². The number of amides is 1. The highest BCUT2D eigenvalue weighted by atomic mass is 16.2. The molecule has 2 heterocycles. The molecule has 1 fully saturated rings. The maximum absolute atomic E-state index is 11.8. The van der Waals surface area contributed by atoms with Crippen molar-refractivity contribution in [1.29, 1.82) is 0 Å². The summed E-state index contributed by atoms with van der Waals surface area (Å²) in [5.41, 5.74) is 0.904. The third-order valence-electron chi connectivity index (χ3n) is 4.45. The number of hydrogen-bond donors (Lipinski definition) is 1. The van der Waals surface area contributed by atoms with E-state index in [0.717, 1.165) is 24.7 Å². The molecule has 0 saturated heterocycles. The van der Waals surface area contributed by atoms with Gasteiger partial charge in [-0.3, -0.25) is 4.79 Å². The van der Waals surface area contributed by atoms with E-state index in [9.17, 15) is 4.79 Å². The SMILES string of the molecule is Cc1nccn1CC1(CNc2ccc(C(=O)N(C)C)cn2)CC1. The van der Waals surface area contributed by atoms with Crippen LogP contribution in [-0.2, 0) is 6.54 Å². The highest BCUT2D eigenvalue weighted by Gasteiger charge is 2.42. The maximum Gasteiger partial charge on any atom is 0.254 e. The quantitative estimate of drug-likeness (QED) is 0.888. The molecule has 0 radical (unpaired) electrons. The second-order valence-electron chi connectivity index (χ2n) is 6.59. The van der Waals surface area contributed by atoms with Gasteiger partial charge in [0.2, 0.25) is 0 Å². The van der Waals surface area contributed by atoms with E-state index in [-0.39, 0.29) is 5.91 Å². The molecular formula is C17H23N5O. The zero-order chi connectivity index (χ0) is 16.4. The van der Waals surface area contributed by atoms with Gasteiger partial charge in [-0.15, -0.1) is 0 Å². The summed E-state index contributed by atoms with van der Waals surface area (Å²) < 4.78 is 2.21. The van der Waals surface area contributed by atoms with Crippen molar-refractivity contribution in [3.63, 3.8) is 0 Å². The third kappa shape index (κ3) is 3.52. The number of anilines is 1. The van der Waals surface area contributed by atoms with Gasteiger partial charge in [0.25, 0.3) is 5.91 Å². The summed E-state index contributed by atoms with van der Waals surface area (Å²) in [6.45, 7) is 3.91. The van der Waals surface area contributed by atoms with Gasteiger partial charge in [0.15, 0.2) is 0 Å². The summed E-state index contributed by atoms with van der Waals surface area (Å²) in [5, 5.41) is 3.40. The molecule has 1 N–H and O–H groups in total. The molecule has 1 aliphatic rings. The molecule has 0 unspecified atom stereocenters. The number of hydrogen-bond acceptors (Lipinski definition) is 4. The Bertz CT molecular complexity index is 685. The Labute approximate surface area is 136 Å². The average Bonchev–Trinajstić information content (AvgIpc) is 3.20. The summed E-state index contributed by atoms with van der Waals surface area (Å²) >= 11 is 0. The third-order valence-corrected chi connectivity index (χ3v) is 4.45. The van der Waals surface area contributed by atoms with Crippen LogP contribution >= 0.6 is 0 Å². The fraction of sp³-hybridized carbons (Fsp3) is 0.471. The van der Waals surface area contributed by atoms with Gasteiger partial charge in [-0.2, -0.15) is 0 Å². The van der Waals surface area contributed by atoms with E-state index in [0.29, 0.717) is 11.0 Å². The molecule has 6 heteroatoms. The number of pyridine rings is 1. The molecule has 0 aromatic carbocycles. The van der Waals surface area contributed by atoms with Gasteiger partial charge >= 0.3 is 0 Å². The lowest BCUT2D eigenvalue weighted by Gasteiger charge is -2.18. The molecule has 1 amide bonds. The molecular weight excluding hydrogens is 290 g/mol. The lowest BCUT2D eigenvalue weighted by molar-refractivity contribution is 0.0827. The van der Waals surface area contributed by atoms with Gasteiger partial charge in [-0.1, -0.05) is 0 Å². The molecule has 0 spiro atoms. The van der Waals surface area contributed by atoms with Crippen LogP contribution < -0.4 is 5.32 Å². The summed E-state index contributed by atoms with van der Waals surface area (Å²) in [6.07, 6.45) is 7.95. The Morgan fingerprint density at radius 1 is 1.35 bits per heavy atom. The van der Waals surface area contributed by atoms with E-state index in [4.69, 9.17) is 0 Å². The largest absolute Gasteiger partial charge is 0.369 e. The number of nitrogens with zero attached hydrogens (tertiary/aromatic N) is 4. The molecule has 0 aliphatic heterocycles. The second-order valence-corrected chi connectivity index (χ2v) is 6.59. The van der Waals surface area contributed by atoms with Crippen molar-refractivity contribution in [2.75, 3.05) is 26.0 Å². The van der Waals surface area contributed by atoms with Gasteiger partial charge in [-0.05, 0) is 31.9 Å². The van der Waals surface area contributed by atoms with Crippen molar-refractivity contribution in [3.8, 4) is 0 Å². The smallest absolute Gasteiger partial charge is 0.254 e. The number of rotatable bonds is 6. The minimum Gasteiger partial charge on any atom is -0.369 e. The van der Waals surface area contributed by atoms with Gasteiger partial charge in [0.05, 0.1) is 5.56 Å². The van der Waals surface area contributed by atoms with Crippen LogP contribution in [0.3, 0.4) is 0 Å². The summed E-state index contributed by atoms with van der Waals surface area (Å²) in [7, 11) is 3.48. The minimum atomic E-state index is -0.0294. The van der Waals surface area contributed by atoms with Crippen LogP contribution in [0.15, 0.2) is 30.7 Å². The van der Waals surface area contributed by atoms with Crippen LogP contribution in [0, 0.1) is 12.3 Å². The van der Waals surface area contributed by atoms with Crippen LogP contribution in [0.4, 0.5) is 5.82 Å². The monoisotopic (exact) mass is 313 g/mol. The van der Waals surface area contributed by atoms with E-state index in [1.807, 2.05) is 31.5 Å². The summed E-state index contributed by atoms with van der Waals surface area (Å²) in [4.78, 5) is 22.0. The van der Waals surface area contributed by atoms with Crippen molar-refractivity contribution in [1.82, 2.24) is 19.4 Å². The van der Waals surface area contributed by atoms with Crippen molar-refractivity contribution in [3.05, 3.63) is 42.1 Å². The fourth-order valence-electron chi connectivity index (χ4n) is 2.66. The highest BCUT2D eigenvalue weighted by molar-refractivity contribution is 5.93. The van der Waals surface area contributed by atoms with Gasteiger partial charge < -0.3 is 14.8 Å². The van der Waals surface area contributed by atoms with Gasteiger partial charge in [0, 0.05) is 51.2 Å². The van der Waals surface area contributed by atoms with E-state index >= 15 is 0 Å². The Balaban J connectivity index is 1.58. The van der Waals surface area contributed by atoms with E-state index in [1.54, 1.807) is 25.2 Å². The minimum absolute atomic E-state index is 0.0294. The average molecular weight is 313 g/mol. The number of aromatic nitrogens is 3. The molecule has 0 bridgehead atoms. The number of nitrogens with one attached hydrogen (secondary N) is 1. The Morgan fingerprint density at radius 2 is 2.13 bits per heavy atom. The summed E-state index contributed by atoms with van der Waals surface area (Å²) in [6, 6.07) is 3.69. The molecule has 23 heavy (non-hydrogen) atoms. The predicted molar refractivity (Wildman–Crippen MR) is 89.4 cm³/mol. The molecule has 6 nitrogen and oxygen atoms in total. The van der Waals surface area contributed by atoms with E-state index in [1.165, 1.54) is 12.8 Å². The van der Waals surface area contributed by atoms with Gasteiger partial charge in [-0.25, -0.2) is 9.97 Å². The van der Waals surface area contributed by atoms with Crippen LogP contribution in [0.2, 0.25) is 0 Å². The lowest BCUT2D eigenvalue weighted by Crippen LogP contribution is -2.23.